The molecule has 17 heavy (non-hydrogen) atoms. The predicted octanol–water partition coefficient (Wildman–Crippen LogP) is -0.389. The number of hydrogen-bond donors (Lipinski definition) is 2. The smallest absolute Gasteiger partial charge is 0.153 e. The normalized spacial score (nSPS) is 28.1. The van der Waals surface area contributed by atoms with E-state index in [1.54, 1.807) is 0 Å². The molecule has 1 atom stereocenters. The Morgan fingerprint density at radius 3 is 2.88 bits per heavy atom. The zero-order chi connectivity index (χ0) is 11.9. The first-order valence-corrected chi connectivity index (χ1v) is 7.79. The van der Waals surface area contributed by atoms with Gasteiger partial charge in [-0.2, -0.15) is 5.10 Å². The maximum atomic E-state index is 11.5. The van der Waals surface area contributed by atoms with Crippen molar-refractivity contribution in [1.29, 1.82) is 0 Å². The fourth-order valence-corrected chi connectivity index (χ4v) is 3.60. The average molecular weight is 256 g/mol. The van der Waals surface area contributed by atoms with Crippen LogP contribution in [0.2, 0.25) is 0 Å². The van der Waals surface area contributed by atoms with Crippen LogP contribution in [-0.2, 0) is 16.3 Å². The molecule has 1 saturated heterocycles. The van der Waals surface area contributed by atoms with E-state index in [1.807, 2.05) is 0 Å². The van der Waals surface area contributed by atoms with Crippen LogP contribution in [0, 0.1) is 0 Å². The molecule has 1 aliphatic carbocycles. The van der Waals surface area contributed by atoms with Gasteiger partial charge in [0.2, 0.25) is 0 Å². The van der Waals surface area contributed by atoms with Gasteiger partial charge in [-0.05, 0) is 12.8 Å². The van der Waals surface area contributed by atoms with Crippen LogP contribution < -0.4 is 5.32 Å². The van der Waals surface area contributed by atoms with Crippen LogP contribution in [0.25, 0.3) is 0 Å². The summed E-state index contributed by atoms with van der Waals surface area (Å²) in [6, 6.07) is -0.0336. The highest BCUT2D eigenvalue weighted by Gasteiger charge is 2.29. The predicted molar refractivity (Wildman–Crippen MR) is 62.5 cm³/mol. The summed E-state index contributed by atoms with van der Waals surface area (Å²) in [4.78, 5) is 4.41. The summed E-state index contributed by atoms with van der Waals surface area (Å²) in [5.41, 5.74) is 0. The van der Waals surface area contributed by atoms with Crippen molar-refractivity contribution in [2.45, 2.75) is 31.2 Å². The van der Waals surface area contributed by atoms with Gasteiger partial charge in [0.05, 0.1) is 11.5 Å². The third-order valence-corrected chi connectivity index (χ3v) is 4.97. The molecule has 2 N–H and O–H groups in total. The molecular weight excluding hydrogens is 240 g/mol. The van der Waals surface area contributed by atoms with Crippen LogP contribution in [-0.4, -0.2) is 47.7 Å². The van der Waals surface area contributed by atoms with Crippen molar-refractivity contribution in [3.05, 3.63) is 11.6 Å². The third-order valence-electron chi connectivity index (χ3n) is 3.23. The monoisotopic (exact) mass is 256 g/mol. The maximum absolute atomic E-state index is 11.5. The second-order valence-electron chi connectivity index (χ2n) is 4.88. The van der Waals surface area contributed by atoms with Gasteiger partial charge in [0.1, 0.15) is 5.82 Å². The van der Waals surface area contributed by atoms with Crippen LogP contribution in [0.4, 0.5) is 0 Å². The molecular formula is C10H16N4O2S. The molecule has 0 spiro atoms. The van der Waals surface area contributed by atoms with Crippen molar-refractivity contribution < 1.29 is 8.42 Å². The van der Waals surface area contributed by atoms with Gasteiger partial charge in [0, 0.05) is 24.9 Å². The van der Waals surface area contributed by atoms with Gasteiger partial charge >= 0.3 is 0 Å². The summed E-state index contributed by atoms with van der Waals surface area (Å²) >= 11 is 0. The van der Waals surface area contributed by atoms with E-state index in [9.17, 15) is 8.42 Å². The summed E-state index contributed by atoms with van der Waals surface area (Å²) in [5.74, 6) is 2.66. The first kappa shape index (κ1) is 11.2. The molecule has 1 aromatic heterocycles. The molecule has 0 amide bonds. The Kier molecular flexibility index (Phi) is 2.67. The van der Waals surface area contributed by atoms with Gasteiger partial charge in [0.25, 0.3) is 0 Å². The molecule has 2 heterocycles. The SMILES string of the molecule is O=S1(=O)CCNC(Cc2nc(C3CC3)n[nH]2)C1. The van der Waals surface area contributed by atoms with Gasteiger partial charge in [0.15, 0.2) is 15.7 Å². The third kappa shape index (κ3) is 2.66. The maximum Gasteiger partial charge on any atom is 0.153 e. The van der Waals surface area contributed by atoms with Gasteiger partial charge in [-0.1, -0.05) is 0 Å². The molecule has 1 saturated carbocycles. The van der Waals surface area contributed by atoms with Gasteiger partial charge < -0.3 is 5.32 Å². The molecule has 1 aromatic rings. The van der Waals surface area contributed by atoms with Crippen molar-refractivity contribution >= 4 is 9.84 Å². The molecule has 2 aliphatic rings. The lowest BCUT2D eigenvalue weighted by molar-refractivity contribution is 0.509. The van der Waals surface area contributed by atoms with Crippen LogP contribution >= 0.6 is 0 Å². The second-order valence-corrected chi connectivity index (χ2v) is 7.11. The molecule has 0 bridgehead atoms. The number of sulfone groups is 1. The number of H-pyrrole nitrogens is 1. The summed E-state index contributed by atoms with van der Waals surface area (Å²) in [6.45, 7) is 0.538. The van der Waals surface area contributed by atoms with E-state index in [0.29, 0.717) is 18.9 Å². The largest absolute Gasteiger partial charge is 0.312 e. The highest BCUT2D eigenvalue weighted by Crippen LogP contribution is 2.37. The molecule has 7 heteroatoms. The molecule has 1 unspecified atom stereocenters. The minimum atomic E-state index is -2.87. The zero-order valence-corrected chi connectivity index (χ0v) is 10.3. The minimum Gasteiger partial charge on any atom is -0.312 e. The van der Waals surface area contributed by atoms with E-state index in [2.05, 4.69) is 20.5 Å². The lowest BCUT2D eigenvalue weighted by Crippen LogP contribution is -2.46. The van der Waals surface area contributed by atoms with E-state index in [1.165, 1.54) is 12.8 Å². The van der Waals surface area contributed by atoms with Crippen molar-refractivity contribution in [3.8, 4) is 0 Å². The van der Waals surface area contributed by atoms with Gasteiger partial charge in [-0.3, -0.25) is 5.10 Å². The number of nitrogens with zero attached hydrogens (tertiary/aromatic N) is 2. The Morgan fingerprint density at radius 1 is 1.35 bits per heavy atom. The molecule has 94 valence electrons. The summed E-state index contributed by atoms with van der Waals surface area (Å²) in [7, 11) is -2.87. The Morgan fingerprint density at radius 2 is 2.18 bits per heavy atom. The van der Waals surface area contributed by atoms with Gasteiger partial charge in [-0.15, -0.1) is 0 Å². The van der Waals surface area contributed by atoms with Crippen LogP contribution in [0.5, 0.6) is 0 Å². The summed E-state index contributed by atoms with van der Waals surface area (Å²) in [5, 5.41) is 10.3. The van der Waals surface area contributed by atoms with E-state index >= 15 is 0 Å². The standard InChI is InChI=1S/C10H16N4O2S/c15-17(16)4-3-11-8(6-17)5-9-12-10(14-13-9)7-1-2-7/h7-8,11H,1-6H2,(H,12,13,14). The summed E-state index contributed by atoms with van der Waals surface area (Å²) < 4.78 is 23.0. The van der Waals surface area contributed by atoms with Crippen molar-refractivity contribution in [1.82, 2.24) is 20.5 Å². The van der Waals surface area contributed by atoms with E-state index in [-0.39, 0.29) is 17.5 Å². The van der Waals surface area contributed by atoms with Crippen molar-refractivity contribution in [3.63, 3.8) is 0 Å². The Bertz CT molecular complexity index is 506. The highest BCUT2D eigenvalue weighted by molar-refractivity contribution is 7.91. The number of hydrogen-bond acceptors (Lipinski definition) is 5. The molecule has 1 aliphatic heterocycles. The zero-order valence-electron chi connectivity index (χ0n) is 9.52. The number of aromatic nitrogens is 3. The first-order valence-electron chi connectivity index (χ1n) is 5.97. The Balaban J connectivity index is 1.65. The number of aromatic amines is 1. The van der Waals surface area contributed by atoms with Crippen LogP contribution in [0.15, 0.2) is 0 Å². The molecule has 6 nitrogen and oxygen atoms in total. The van der Waals surface area contributed by atoms with E-state index < -0.39 is 9.84 Å². The van der Waals surface area contributed by atoms with E-state index in [0.717, 1.165) is 11.6 Å². The fraction of sp³-hybridized carbons (Fsp3) is 0.800. The summed E-state index contributed by atoms with van der Waals surface area (Å²) in [6.07, 6.45) is 2.96. The molecule has 0 radical (unpaired) electrons. The fourth-order valence-electron chi connectivity index (χ4n) is 2.16. The molecule has 3 rings (SSSR count). The van der Waals surface area contributed by atoms with Gasteiger partial charge in [-0.25, -0.2) is 13.4 Å². The first-order chi connectivity index (χ1) is 8.12. The van der Waals surface area contributed by atoms with Crippen LogP contribution in [0.1, 0.15) is 30.4 Å². The highest BCUT2D eigenvalue weighted by atomic mass is 32.2. The van der Waals surface area contributed by atoms with Crippen molar-refractivity contribution in [2.24, 2.45) is 0 Å². The van der Waals surface area contributed by atoms with E-state index in [4.69, 9.17) is 0 Å². The average Bonchev–Trinajstić information content (AvgIpc) is 2.99. The van der Waals surface area contributed by atoms with Crippen LogP contribution in [0.3, 0.4) is 0 Å². The lowest BCUT2D eigenvalue weighted by atomic mass is 10.2. The van der Waals surface area contributed by atoms with Crippen molar-refractivity contribution in [2.75, 3.05) is 18.1 Å². The number of nitrogens with one attached hydrogen (secondary N) is 2. The quantitative estimate of drug-likeness (QED) is 0.769. The topological polar surface area (TPSA) is 87.7 Å². The minimum absolute atomic E-state index is 0.0336. The number of rotatable bonds is 3. The molecule has 2 fully saturated rings. The second kappa shape index (κ2) is 4.06. The Labute approximate surface area is 100 Å². The lowest BCUT2D eigenvalue weighted by Gasteiger charge is -2.22. The Hall–Kier alpha value is -0.950. The molecule has 0 aromatic carbocycles.